The zero-order valence-corrected chi connectivity index (χ0v) is 22.7. The Morgan fingerprint density at radius 2 is 1.68 bits per heavy atom. The maximum Gasteiger partial charge on any atom is 0.170 e. The zero-order valence-electron chi connectivity index (χ0n) is 21.9. The molecule has 1 saturated heterocycles. The lowest BCUT2D eigenvalue weighted by molar-refractivity contribution is 0.310. The highest BCUT2D eigenvalue weighted by Crippen LogP contribution is 2.42. The summed E-state index contributed by atoms with van der Waals surface area (Å²) in [6.07, 6.45) is 5.52. The molecule has 0 unspecified atom stereocenters. The van der Waals surface area contributed by atoms with Crippen molar-refractivity contribution in [1.29, 1.82) is 0 Å². The lowest BCUT2D eigenvalue weighted by Crippen LogP contribution is -2.29. The molecule has 0 saturated carbocycles. The molecule has 0 bridgehead atoms. The van der Waals surface area contributed by atoms with E-state index in [9.17, 15) is 0 Å². The first kappa shape index (κ1) is 25.0. The highest BCUT2D eigenvalue weighted by Gasteiger charge is 2.41. The second-order valence-electron chi connectivity index (χ2n) is 9.46. The molecular formula is C30H34N6S. The molecule has 2 atom stereocenters. The van der Waals surface area contributed by atoms with Gasteiger partial charge in [0.05, 0.1) is 17.8 Å². The van der Waals surface area contributed by atoms with Gasteiger partial charge in [0.1, 0.15) is 0 Å². The third-order valence-corrected chi connectivity index (χ3v) is 7.68. The van der Waals surface area contributed by atoms with Crippen LogP contribution in [-0.4, -0.2) is 37.6 Å². The predicted molar refractivity (Wildman–Crippen MR) is 154 cm³/mol. The van der Waals surface area contributed by atoms with Crippen molar-refractivity contribution < 1.29 is 0 Å². The van der Waals surface area contributed by atoms with Gasteiger partial charge in [-0.3, -0.25) is 9.97 Å². The molecule has 1 aromatic carbocycles. The second kappa shape index (κ2) is 10.7. The number of rotatable bonds is 8. The molecule has 1 aliphatic rings. The molecule has 3 aromatic heterocycles. The molecule has 0 spiro atoms. The van der Waals surface area contributed by atoms with Crippen LogP contribution in [0.1, 0.15) is 54.1 Å². The summed E-state index contributed by atoms with van der Waals surface area (Å²) in [4.78, 5) is 13.5. The van der Waals surface area contributed by atoms with Crippen LogP contribution in [-0.2, 0) is 6.54 Å². The van der Waals surface area contributed by atoms with E-state index in [0.29, 0.717) is 6.54 Å². The minimum atomic E-state index is -0.0467. The molecular weight excluding hydrogens is 476 g/mol. The molecule has 4 aromatic rings. The highest BCUT2D eigenvalue weighted by atomic mass is 32.1. The van der Waals surface area contributed by atoms with Crippen molar-refractivity contribution >= 4 is 23.0 Å². The van der Waals surface area contributed by atoms with E-state index in [4.69, 9.17) is 17.2 Å². The molecule has 7 heteroatoms. The Hall–Kier alpha value is -3.71. The molecule has 4 heterocycles. The molecule has 190 valence electrons. The first-order valence-corrected chi connectivity index (χ1v) is 13.3. The van der Waals surface area contributed by atoms with E-state index >= 15 is 0 Å². The Morgan fingerprint density at radius 1 is 0.946 bits per heavy atom. The fourth-order valence-corrected chi connectivity index (χ4v) is 5.79. The molecule has 37 heavy (non-hydrogen) atoms. The number of aromatic nitrogens is 3. The Bertz CT molecular complexity index is 1350. The van der Waals surface area contributed by atoms with Crippen molar-refractivity contribution in [3.63, 3.8) is 0 Å². The highest BCUT2D eigenvalue weighted by molar-refractivity contribution is 7.80. The maximum absolute atomic E-state index is 5.89. The van der Waals surface area contributed by atoms with Crippen molar-refractivity contribution in [2.45, 2.75) is 46.3 Å². The molecule has 0 aliphatic carbocycles. The van der Waals surface area contributed by atoms with Crippen molar-refractivity contribution in [1.82, 2.24) is 24.8 Å². The number of hydrogen-bond acceptors (Lipinski definition) is 4. The van der Waals surface area contributed by atoms with Crippen LogP contribution in [0.5, 0.6) is 0 Å². The lowest BCUT2D eigenvalue weighted by atomic mass is 9.96. The predicted octanol–water partition coefficient (Wildman–Crippen LogP) is 5.90. The van der Waals surface area contributed by atoms with Gasteiger partial charge in [0.2, 0.25) is 0 Å². The van der Waals surface area contributed by atoms with Gasteiger partial charge in [0, 0.05) is 61.0 Å². The standard InChI is InChI=1S/C30H34N6S/c1-5-34(6-2)24-10-12-25(13-11-24)36-21(3)19-26(22(36)4)29-28(27-9-7-8-16-32-27)33-30(37)35(29)20-23-14-17-31-18-15-23/h7-19,28-29H,5-6,20H2,1-4H3,(H,33,37)/t28-,29+/m0/s1. The second-order valence-corrected chi connectivity index (χ2v) is 9.85. The van der Waals surface area contributed by atoms with Crippen molar-refractivity contribution in [2.75, 3.05) is 18.0 Å². The molecule has 5 rings (SSSR count). The van der Waals surface area contributed by atoms with Gasteiger partial charge in [-0.25, -0.2) is 0 Å². The third kappa shape index (κ3) is 4.83. The van der Waals surface area contributed by atoms with Gasteiger partial charge in [-0.1, -0.05) is 6.07 Å². The number of nitrogens with one attached hydrogen (secondary N) is 1. The Balaban J connectivity index is 1.56. The average Bonchev–Trinajstić information content (AvgIpc) is 3.40. The molecule has 1 N–H and O–H groups in total. The third-order valence-electron chi connectivity index (χ3n) is 7.33. The summed E-state index contributed by atoms with van der Waals surface area (Å²) in [5.74, 6) is 0. The smallest absolute Gasteiger partial charge is 0.170 e. The number of anilines is 1. The summed E-state index contributed by atoms with van der Waals surface area (Å²) in [5.41, 5.74) is 8.24. The van der Waals surface area contributed by atoms with Gasteiger partial charge in [0.25, 0.3) is 0 Å². The summed E-state index contributed by atoms with van der Waals surface area (Å²) in [5, 5.41) is 4.32. The fraction of sp³-hybridized carbons (Fsp3) is 0.300. The monoisotopic (exact) mass is 510 g/mol. The van der Waals surface area contributed by atoms with Crippen LogP contribution in [0.4, 0.5) is 5.69 Å². The Kier molecular flexibility index (Phi) is 7.24. The minimum absolute atomic E-state index is 0.00506. The average molecular weight is 511 g/mol. The van der Waals surface area contributed by atoms with E-state index in [1.54, 1.807) is 0 Å². The minimum Gasteiger partial charge on any atom is -0.372 e. The van der Waals surface area contributed by atoms with E-state index in [1.807, 2.05) is 30.7 Å². The van der Waals surface area contributed by atoms with E-state index in [2.05, 4.69) is 101 Å². The van der Waals surface area contributed by atoms with Gasteiger partial charge in [-0.05, 0) is 106 Å². The van der Waals surface area contributed by atoms with Crippen molar-refractivity contribution in [3.8, 4) is 5.69 Å². The molecule has 0 radical (unpaired) electrons. The van der Waals surface area contributed by atoms with Gasteiger partial charge in [-0.15, -0.1) is 0 Å². The van der Waals surface area contributed by atoms with Crippen LogP contribution in [0.3, 0.4) is 0 Å². The van der Waals surface area contributed by atoms with Crippen LogP contribution in [0, 0.1) is 13.8 Å². The summed E-state index contributed by atoms with van der Waals surface area (Å²) in [7, 11) is 0. The largest absolute Gasteiger partial charge is 0.372 e. The van der Waals surface area contributed by atoms with Crippen LogP contribution in [0.2, 0.25) is 0 Å². The number of nitrogens with zero attached hydrogens (tertiary/aromatic N) is 5. The number of hydrogen-bond donors (Lipinski definition) is 1. The summed E-state index contributed by atoms with van der Waals surface area (Å²) in [6, 6.07) is 21.3. The topological polar surface area (TPSA) is 49.2 Å². The van der Waals surface area contributed by atoms with Crippen molar-refractivity contribution in [3.05, 3.63) is 107 Å². The van der Waals surface area contributed by atoms with Crippen LogP contribution < -0.4 is 10.2 Å². The lowest BCUT2D eigenvalue weighted by Gasteiger charge is -2.28. The van der Waals surface area contributed by atoms with Crippen molar-refractivity contribution in [2.24, 2.45) is 0 Å². The van der Waals surface area contributed by atoms with Crippen LogP contribution in [0.25, 0.3) is 5.69 Å². The maximum atomic E-state index is 5.89. The first-order valence-electron chi connectivity index (χ1n) is 12.9. The summed E-state index contributed by atoms with van der Waals surface area (Å²) < 4.78 is 2.35. The Labute approximate surface area is 225 Å². The SMILES string of the molecule is CCN(CC)c1ccc(-n2c(C)cc([C@@H]3[C@H](c4ccccn4)NC(=S)N3Cc3ccncc3)c2C)cc1. The summed E-state index contributed by atoms with van der Waals surface area (Å²) >= 11 is 5.89. The quantitative estimate of drug-likeness (QED) is 0.298. The fourth-order valence-electron chi connectivity index (χ4n) is 5.48. The Morgan fingerprint density at radius 3 is 2.32 bits per heavy atom. The summed E-state index contributed by atoms with van der Waals surface area (Å²) in [6.45, 7) is 11.5. The van der Waals surface area contributed by atoms with Gasteiger partial charge in [-0.2, -0.15) is 0 Å². The van der Waals surface area contributed by atoms with E-state index in [0.717, 1.165) is 23.9 Å². The molecule has 1 aliphatic heterocycles. The molecule has 1 fully saturated rings. The molecule has 6 nitrogen and oxygen atoms in total. The first-order chi connectivity index (χ1) is 18.0. The number of aryl methyl sites for hydroxylation is 1. The van der Waals surface area contributed by atoms with E-state index < -0.39 is 0 Å². The normalized spacial score (nSPS) is 17.2. The van der Waals surface area contributed by atoms with Gasteiger partial charge in [0.15, 0.2) is 5.11 Å². The van der Waals surface area contributed by atoms with Gasteiger partial charge < -0.3 is 19.7 Å². The number of thiocarbonyl (C=S) groups is 1. The molecule has 0 amide bonds. The van der Waals surface area contributed by atoms with Crippen LogP contribution >= 0.6 is 12.2 Å². The number of benzene rings is 1. The van der Waals surface area contributed by atoms with Crippen LogP contribution in [0.15, 0.2) is 79.3 Å². The van der Waals surface area contributed by atoms with Gasteiger partial charge >= 0.3 is 0 Å². The van der Waals surface area contributed by atoms with E-state index in [-0.39, 0.29) is 12.1 Å². The van der Waals surface area contributed by atoms with E-state index in [1.165, 1.54) is 33.9 Å². The number of pyridine rings is 2. The zero-order chi connectivity index (χ0) is 25.9.